The number of rotatable bonds is 3. The van der Waals surface area contributed by atoms with E-state index in [9.17, 15) is 4.39 Å². The largest absolute Gasteiger partial charge is 0.333 e. The van der Waals surface area contributed by atoms with Gasteiger partial charge in [-0.3, -0.25) is 0 Å². The van der Waals surface area contributed by atoms with Gasteiger partial charge in [-0.05, 0) is 48.0 Å². The van der Waals surface area contributed by atoms with Crippen LogP contribution in [-0.4, -0.2) is 10.1 Å². The second kappa shape index (κ2) is 6.30. The first-order chi connectivity index (χ1) is 10.6. The van der Waals surface area contributed by atoms with E-state index in [1.807, 2.05) is 12.1 Å². The minimum Gasteiger partial charge on any atom is -0.333 e. The lowest BCUT2D eigenvalue weighted by atomic mass is 10.2. The van der Waals surface area contributed by atoms with Crippen LogP contribution in [0.15, 0.2) is 53.1 Å². The van der Waals surface area contributed by atoms with Crippen molar-refractivity contribution in [2.24, 2.45) is 0 Å². The molecule has 0 unspecified atom stereocenters. The lowest BCUT2D eigenvalue weighted by molar-refractivity contribution is 0.410. The summed E-state index contributed by atoms with van der Waals surface area (Å²) in [6, 6.07) is 13.0. The van der Waals surface area contributed by atoms with E-state index < -0.39 is 0 Å². The first-order valence-corrected chi connectivity index (χ1v) is 7.10. The smallest absolute Gasteiger partial charge is 0.269 e. The second-order valence-corrected chi connectivity index (χ2v) is 5.32. The minimum absolute atomic E-state index is 0.181. The highest BCUT2D eigenvalue weighted by Gasteiger charge is 2.11. The maximum Gasteiger partial charge on any atom is 0.269 e. The Labute approximate surface area is 136 Å². The number of nitrogens with zero attached hydrogens (tertiary/aromatic N) is 2. The van der Waals surface area contributed by atoms with Gasteiger partial charge in [0.1, 0.15) is 10.8 Å². The molecule has 2 aromatic carbocycles. The van der Waals surface area contributed by atoms with Gasteiger partial charge in [-0.25, -0.2) is 4.39 Å². The Bertz CT molecular complexity index is 828. The van der Waals surface area contributed by atoms with Gasteiger partial charge in [0, 0.05) is 10.6 Å². The molecule has 0 bridgehead atoms. The Hall–Kier alpha value is -2.17. The van der Waals surface area contributed by atoms with Crippen LogP contribution in [0, 0.1) is 5.82 Å². The number of hydrogen-bond donors (Lipinski definition) is 0. The predicted octanol–water partition coefficient (Wildman–Crippen LogP) is 5.27. The average molecular weight is 335 g/mol. The highest BCUT2D eigenvalue weighted by molar-refractivity contribution is 6.50. The summed E-state index contributed by atoms with van der Waals surface area (Å²) >= 11 is 12.1. The highest BCUT2D eigenvalue weighted by atomic mass is 35.5. The molecule has 3 aromatic rings. The SMILES string of the molecule is Fc1ccc(-c2noc(/C(Cl)=C/c3cccc(Cl)c3)n2)cc1. The van der Waals surface area contributed by atoms with E-state index in [2.05, 4.69) is 10.1 Å². The maximum atomic E-state index is 12.9. The molecule has 0 saturated carbocycles. The van der Waals surface area contributed by atoms with Gasteiger partial charge in [0.05, 0.1) is 0 Å². The molecule has 0 amide bonds. The van der Waals surface area contributed by atoms with Crippen LogP contribution in [0.5, 0.6) is 0 Å². The molecule has 0 aliphatic carbocycles. The zero-order valence-corrected chi connectivity index (χ0v) is 12.6. The summed E-state index contributed by atoms with van der Waals surface area (Å²) in [7, 11) is 0. The fourth-order valence-corrected chi connectivity index (χ4v) is 2.24. The summed E-state index contributed by atoms with van der Waals surface area (Å²) < 4.78 is 18.0. The van der Waals surface area contributed by atoms with Crippen molar-refractivity contribution >= 4 is 34.3 Å². The molecule has 3 rings (SSSR count). The van der Waals surface area contributed by atoms with Crippen molar-refractivity contribution in [2.45, 2.75) is 0 Å². The lowest BCUT2D eigenvalue weighted by Gasteiger charge is -1.95. The van der Waals surface area contributed by atoms with Crippen molar-refractivity contribution in [3.05, 3.63) is 70.8 Å². The molecule has 6 heteroatoms. The Morgan fingerprint density at radius 1 is 1.14 bits per heavy atom. The molecule has 0 atom stereocenters. The molecule has 0 aliphatic rings. The van der Waals surface area contributed by atoms with Gasteiger partial charge in [0.25, 0.3) is 5.89 Å². The molecule has 0 radical (unpaired) electrons. The van der Waals surface area contributed by atoms with Crippen LogP contribution in [0.2, 0.25) is 5.02 Å². The molecule has 110 valence electrons. The Morgan fingerprint density at radius 3 is 2.64 bits per heavy atom. The molecule has 0 fully saturated rings. The number of benzene rings is 2. The van der Waals surface area contributed by atoms with E-state index in [-0.39, 0.29) is 11.7 Å². The van der Waals surface area contributed by atoms with E-state index in [0.29, 0.717) is 21.4 Å². The monoisotopic (exact) mass is 334 g/mol. The van der Waals surface area contributed by atoms with E-state index in [0.717, 1.165) is 5.56 Å². The summed E-state index contributed by atoms with van der Waals surface area (Å²) in [5.41, 5.74) is 1.46. The van der Waals surface area contributed by atoms with Crippen LogP contribution >= 0.6 is 23.2 Å². The first-order valence-electron chi connectivity index (χ1n) is 6.34. The molecule has 0 spiro atoms. The summed E-state index contributed by atoms with van der Waals surface area (Å²) in [5.74, 6) is 0.194. The number of aromatic nitrogens is 2. The molecule has 22 heavy (non-hydrogen) atoms. The van der Waals surface area contributed by atoms with Crippen LogP contribution in [-0.2, 0) is 0 Å². The van der Waals surface area contributed by atoms with E-state index in [4.69, 9.17) is 27.7 Å². The zero-order chi connectivity index (χ0) is 15.5. The van der Waals surface area contributed by atoms with Crippen LogP contribution in [0.1, 0.15) is 11.5 Å². The normalized spacial score (nSPS) is 11.7. The minimum atomic E-state index is -0.327. The second-order valence-electron chi connectivity index (χ2n) is 4.48. The Kier molecular flexibility index (Phi) is 4.22. The number of hydrogen-bond acceptors (Lipinski definition) is 3. The summed E-state index contributed by atoms with van der Waals surface area (Å²) in [6.07, 6.45) is 1.68. The molecule has 1 aromatic heterocycles. The summed E-state index contributed by atoms with van der Waals surface area (Å²) in [5, 5.41) is 4.74. The summed E-state index contributed by atoms with van der Waals surface area (Å²) in [4.78, 5) is 4.20. The van der Waals surface area contributed by atoms with Gasteiger partial charge in [-0.15, -0.1) is 0 Å². The van der Waals surface area contributed by atoms with Gasteiger partial charge >= 0.3 is 0 Å². The van der Waals surface area contributed by atoms with Crippen LogP contribution in [0.25, 0.3) is 22.5 Å². The zero-order valence-electron chi connectivity index (χ0n) is 11.1. The molecule has 1 heterocycles. The van der Waals surface area contributed by atoms with Crippen molar-refractivity contribution in [2.75, 3.05) is 0 Å². The van der Waals surface area contributed by atoms with Gasteiger partial charge in [0.15, 0.2) is 0 Å². The van der Waals surface area contributed by atoms with Crippen molar-refractivity contribution in [3.63, 3.8) is 0 Å². The predicted molar refractivity (Wildman–Crippen MR) is 84.9 cm³/mol. The molecule has 3 nitrogen and oxygen atoms in total. The molecule has 0 saturated heterocycles. The van der Waals surface area contributed by atoms with Crippen molar-refractivity contribution in [1.82, 2.24) is 10.1 Å². The van der Waals surface area contributed by atoms with Gasteiger partial charge in [-0.1, -0.05) is 40.5 Å². The van der Waals surface area contributed by atoms with Crippen molar-refractivity contribution < 1.29 is 8.91 Å². The lowest BCUT2D eigenvalue weighted by Crippen LogP contribution is -1.82. The van der Waals surface area contributed by atoms with Crippen LogP contribution < -0.4 is 0 Å². The Morgan fingerprint density at radius 2 is 1.91 bits per heavy atom. The standard InChI is InChI=1S/C16H9Cl2FN2O/c17-12-3-1-2-10(8-12)9-14(18)16-20-15(21-22-16)11-4-6-13(19)7-5-11/h1-9H/b14-9-. The molecule has 0 aliphatic heterocycles. The van der Waals surface area contributed by atoms with E-state index in [1.165, 1.54) is 12.1 Å². The van der Waals surface area contributed by atoms with Crippen LogP contribution in [0.4, 0.5) is 4.39 Å². The fourth-order valence-electron chi connectivity index (χ4n) is 1.84. The van der Waals surface area contributed by atoms with E-state index >= 15 is 0 Å². The molecular weight excluding hydrogens is 326 g/mol. The topological polar surface area (TPSA) is 38.9 Å². The third-order valence-electron chi connectivity index (χ3n) is 2.87. The fraction of sp³-hybridized carbons (Fsp3) is 0. The third-order valence-corrected chi connectivity index (χ3v) is 3.38. The number of halogens is 3. The third kappa shape index (κ3) is 3.35. The van der Waals surface area contributed by atoms with Gasteiger partial charge < -0.3 is 4.52 Å². The van der Waals surface area contributed by atoms with Crippen LogP contribution in [0.3, 0.4) is 0 Å². The van der Waals surface area contributed by atoms with Gasteiger partial charge in [0.2, 0.25) is 5.82 Å². The average Bonchev–Trinajstić information content (AvgIpc) is 2.98. The Balaban J connectivity index is 1.88. The quantitative estimate of drug-likeness (QED) is 0.655. The first kappa shape index (κ1) is 14.8. The summed E-state index contributed by atoms with van der Waals surface area (Å²) in [6.45, 7) is 0. The van der Waals surface area contributed by atoms with Crippen molar-refractivity contribution in [3.8, 4) is 11.4 Å². The highest BCUT2D eigenvalue weighted by Crippen LogP contribution is 2.24. The molecular formula is C16H9Cl2FN2O. The van der Waals surface area contributed by atoms with Gasteiger partial charge in [-0.2, -0.15) is 4.98 Å². The maximum absolute atomic E-state index is 12.9. The van der Waals surface area contributed by atoms with Crippen molar-refractivity contribution in [1.29, 1.82) is 0 Å². The molecule has 0 N–H and O–H groups in total. The van der Waals surface area contributed by atoms with E-state index in [1.54, 1.807) is 30.3 Å².